The molecule has 0 aliphatic heterocycles. The highest BCUT2D eigenvalue weighted by atomic mass is 35.5. The quantitative estimate of drug-likeness (QED) is 0.802. The topological polar surface area (TPSA) is 41.5 Å². The van der Waals surface area contributed by atoms with Crippen LogP contribution in [0.3, 0.4) is 0 Å². The number of ether oxygens (including phenoxy) is 1. The van der Waals surface area contributed by atoms with Gasteiger partial charge in [-0.05, 0) is 37.8 Å². The standard InChI is InChI=1S/C17H28ClNO2/c1-16(2,3)12-17(4,5)19-10-13(20)11-21-15-9-7-6-8-14(15)18/h6-9,13,19-20H,10-12H2,1-5H3. The Morgan fingerprint density at radius 3 is 2.38 bits per heavy atom. The predicted octanol–water partition coefficient (Wildman–Crippen LogP) is 3.88. The molecule has 0 bridgehead atoms. The molecule has 21 heavy (non-hydrogen) atoms. The summed E-state index contributed by atoms with van der Waals surface area (Å²) in [5, 5.41) is 14.0. The summed E-state index contributed by atoms with van der Waals surface area (Å²) in [6.07, 6.45) is 0.457. The molecule has 1 atom stereocenters. The smallest absolute Gasteiger partial charge is 0.138 e. The lowest BCUT2D eigenvalue weighted by molar-refractivity contribution is 0.0944. The summed E-state index contributed by atoms with van der Waals surface area (Å²) in [6, 6.07) is 7.28. The molecule has 0 spiro atoms. The molecule has 1 aromatic rings. The first-order valence-corrected chi connectivity index (χ1v) is 7.77. The van der Waals surface area contributed by atoms with Crippen molar-refractivity contribution in [3.8, 4) is 5.75 Å². The van der Waals surface area contributed by atoms with Gasteiger partial charge in [0.15, 0.2) is 0 Å². The van der Waals surface area contributed by atoms with Gasteiger partial charge in [0, 0.05) is 12.1 Å². The third-order valence-corrected chi connectivity index (χ3v) is 3.37. The number of β-amino-alcohol motifs (C(OH)–C–C–N with tert-alkyl or cyclic N) is 1. The average molecular weight is 314 g/mol. The van der Waals surface area contributed by atoms with Crippen molar-refractivity contribution in [3.63, 3.8) is 0 Å². The van der Waals surface area contributed by atoms with Crippen LogP contribution in [0.1, 0.15) is 41.0 Å². The maximum atomic E-state index is 10.0. The van der Waals surface area contributed by atoms with Gasteiger partial charge in [-0.25, -0.2) is 0 Å². The van der Waals surface area contributed by atoms with Gasteiger partial charge in [0.05, 0.1) is 5.02 Å². The van der Waals surface area contributed by atoms with Crippen LogP contribution in [0.25, 0.3) is 0 Å². The first-order chi connectivity index (χ1) is 9.59. The molecular weight excluding hydrogens is 286 g/mol. The van der Waals surface area contributed by atoms with Gasteiger partial charge in [0.2, 0.25) is 0 Å². The number of benzene rings is 1. The summed E-state index contributed by atoms with van der Waals surface area (Å²) in [6.45, 7) is 11.7. The molecule has 0 aliphatic rings. The number of aliphatic hydroxyl groups is 1. The van der Waals surface area contributed by atoms with E-state index in [2.05, 4.69) is 39.9 Å². The van der Waals surface area contributed by atoms with Gasteiger partial charge in [0.25, 0.3) is 0 Å². The summed E-state index contributed by atoms with van der Waals surface area (Å²) in [5.74, 6) is 0.604. The zero-order valence-electron chi connectivity index (χ0n) is 13.7. The molecule has 0 fully saturated rings. The van der Waals surface area contributed by atoms with Crippen LogP contribution < -0.4 is 10.1 Å². The zero-order chi connectivity index (χ0) is 16.1. The summed E-state index contributed by atoms with van der Waals surface area (Å²) < 4.78 is 5.54. The van der Waals surface area contributed by atoms with Gasteiger partial charge >= 0.3 is 0 Å². The lowest BCUT2D eigenvalue weighted by Crippen LogP contribution is -2.46. The largest absolute Gasteiger partial charge is 0.489 e. The molecule has 120 valence electrons. The summed E-state index contributed by atoms with van der Waals surface area (Å²) in [5.41, 5.74) is 0.221. The van der Waals surface area contributed by atoms with Crippen LogP contribution in [-0.2, 0) is 0 Å². The number of rotatable bonds is 7. The first kappa shape index (κ1) is 18.3. The second kappa shape index (κ2) is 7.48. The van der Waals surface area contributed by atoms with Gasteiger partial charge in [-0.1, -0.05) is 44.5 Å². The minimum atomic E-state index is -0.569. The van der Waals surface area contributed by atoms with Crippen LogP contribution >= 0.6 is 11.6 Å². The highest BCUT2D eigenvalue weighted by Crippen LogP contribution is 2.27. The van der Waals surface area contributed by atoms with Gasteiger partial charge in [-0.3, -0.25) is 0 Å². The summed E-state index contributed by atoms with van der Waals surface area (Å²) in [4.78, 5) is 0. The van der Waals surface area contributed by atoms with Crippen LogP contribution in [0.5, 0.6) is 5.75 Å². The van der Waals surface area contributed by atoms with E-state index in [1.54, 1.807) is 12.1 Å². The number of aliphatic hydroxyl groups excluding tert-OH is 1. The van der Waals surface area contributed by atoms with E-state index in [9.17, 15) is 5.11 Å². The molecule has 3 nitrogen and oxygen atoms in total. The second-order valence-electron chi connectivity index (χ2n) is 7.40. The van der Waals surface area contributed by atoms with Crippen molar-refractivity contribution < 1.29 is 9.84 Å². The van der Waals surface area contributed by atoms with E-state index >= 15 is 0 Å². The van der Waals surface area contributed by atoms with Crippen molar-refractivity contribution in [2.45, 2.75) is 52.7 Å². The van der Waals surface area contributed by atoms with E-state index < -0.39 is 6.10 Å². The van der Waals surface area contributed by atoms with Crippen molar-refractivity contribution >= 4 is 11.6 Å². The second-order valence-corrected chi connectivity index (χ2v) is 7.80. The van der Waals surface area contributed by atoms with E-state index in [-0.39, 0.29) is 17.6 Å². The number of hydrogen-bond donors (Lipinski definition) is 2. The molecule has 2 N–H and O–H groups in total. The fourth-order valence-corrected chi connectivity index (χ4v) is 2.78. The Balaban J connectivity index is 2.37. The monoisotopic (exact) mass is 313 g/mol. The van der Waals surface area contributed by atoms with Crippen LogP contribution in [0.4, 0.5) is 0 Å². The maximum absolute atomic E-state index is 10.0. The Morgan fingerprint density at radius 2 is 1.81 bits per heavy atom. The van der Waals surface area contributed by atoms with E-state index in [0.717, 1.165) is 6.42 Å². The lowest BCUT2D eigenvalue weighted by atomic mass is 9.82. The van der Waals surface area contributed by atoms with Crippen LogP contribution in [-0.4, -0.2) is 29.9 Å². The molecule has 1 aromatic carbocycles. The van der Waals surface area contributed by atoms with Crippen LogP contribution in [0, 0.1) is 5.41 Å². The number of hydrogen-bond acceptors (Lipinski definition) is 3. The third-order valence-electron chi connectivity index (χ3n) is 3.06. The minimum absolute atomic E-state index is 0.0242. The predicted molar refractivity (Wildman–Crippen MR) is 89.1 cm³/mol. The van der Waals surface area contributed by atoms with Gasteiger partial charge in [-0.15, -0.1) is 0 Å². The third kappa shape index (κ3) is 7.70. The number of halogens is 1. The van der Waals surface area contributed by atoms with E-state index in [1.165, 1.54) is 0 Å². The highest BCUT2D eigenvalue weighted by molar-refractivity contribution is 6.32. The van der Waals surface area contributed by atoms with Crippen molar-refractivity contribution in [1.82, 2.24) is 5.32 Å². The maximum Gasteiger partial charge on any atom is 0.138 e. The molecule has 0 aliphatic carbocycles. The highest BCUT2D eigenvalue weighted by Gasteiger charge is 2.25. The fourth-order valence-electron chi connectivity index (χ4n) is 2.59. The molecule has 0 saturated carbocycles. The van der Waals surface area contributed by atoms with Gasteiger partial charge < -0.3 is 15.2 Å². The molecule has 0 heterocycles. The Hall–Kier alpha value is -0.770. The Kier molecular flexibility index (Phi) is 6.51. The normalized spacial score (nSPS) is 14.0. The lowest BCUT2D eigenvalue weighted by Gasteiger charge is -2.34. The van der Waals surface area contributed by atoms with Crippen LogP contribution in [0.15, 0.2) is 24.3 Å². The van der Waals surface area contributed by atoms with Crippen molar-refractivity contribution in [3.05, 3.63) is 29.3 Å². The molecule has 4 heteroatoms. The van der Waals surface area contributed by atoms with E-state index in [4.69, 9.17) is 16.3 Å². The molecule has 0 saturated heterocycles. The molecule has 1 rings (SSSR count). The number of nitrogens with one attached hydrogen (secondary N) is 1. The first-order valence-electron chi connectivity index (χ1n) is 7.39. The molecule has 0 aromatic heterocycles. The molecule has 0 amide bonds. The number of para-hydroxylation sites is 1. The van der Waals surface area contributed by atoms with Crippen molar-refractivity contribution in [1.29, 1.82) is 0 Å². The Morgan fingerprint density at radius 1 is 1.19 bits per heavy atom. The Labute approximate surface area is 133 Å². The fraction of sp³-hybridized carbons (Fsp3) is 0.647. The molecular formula is C17H28ClNO2. The van der Waals surface area contributed by atoms with Gasteiger partial charge in [0.1, 0.15) is 18.5 Å². The summed E-state index contributed by atoms with van der Waals surface area (Å²) >= 11 is 6.01. The Bertz CT molecular complexity index is 441. The minimum Gasteiger partial charge on any atom is -0.489 e. The van der Waals surface area contributed by atoms with E-state index in [1.807, 2.05) is 12.1 Å². The van der Waals surface area contributed by atoms with Crippen molar-refractivity contribution in [2.75, 3.05) is 13.2 Å². The SMILES string of the molecule is CC(C)(C)CC(C)(C)NCC(O)COc1ccccc1Cl. The van der Waals surface area contributed by atoms with Crippen LogP contribution in [0.2, 0.25) is 5.02 Å². The van der Waals surface area contributed by atoms with Crippen molar-refractivity contribution in [2.24, 2.45) is 5.41 Å². The molecule has 1 unspecified atom stereocenters. The zero-order valence-corrected chi connectivity index (χ0v) is 14.5. The average Bonchev–Trinajstić information content (AvgIpc) is 2.33. The summed E-state index contributed by atoms with van der Waals surface area (Å²) in [7, 11) is 0. The van der Waals surface area contributed by atoms with E-state index in [0.29, 0.717) is 17.3 Å². The van der Waals surface area contributed by atoms with Gasteiger partial charge in [-0.2, -0.15) is 0 Å². The molecule has 0 radical (unpaired) electrons.